The van der Waals surface area contributed by atoms with E-state index in [4.69, 9.17) is 0 Å². The Morgan fingerprint density at radius 2 is 2.00 bits per heavy atom. The van der Waals surface area contributed by atoms with Crippen molar-refractivity contribution in [3.8, 4) is 0 Å². The lowest BCUT2D eigenvalue weighted by Crippen LogP contribution is -2.48. The number of nitrogens with zero attached hydrogens (tertiary/aromatic N) is 1. The summed E-state index contributed by atoms with van der Waals surface area (Å²) in [5, 5.41) is 3.26. The number of esters is 1. The number of alkyl halides is 3. The van der Waals surface area contributed by atoms with E-state index >= 15 is 0 Å². The number of ether oxygens (including phenoxy) is 1. The van der Waals surface area contributed by atoms with Gasteiger partial charge in [-0.3, -0.25) is 0 Å². The summed E-state index contributed by atoms with van der Waals surface area (Å²) in [5.41, 5.74) is 0. The largest absolute Gasteiger partial charge is 0.491 e. The van der Waals surface area contributed by atoms with E-state index in [1.165, 1.54) is 0 Å². The van der Waals surface area contributed by atoms with Crippen LogP contribution in [0.15, 0.2) is 0 Å². The molecule has 2 fully saturated rings. The van der Waals surface area contributed by atoms with Gasteiger partial charge >= 0.3 is 18.2 Å². The van der Waals surface area contributed by atoms with Crippen LogP contribution >= 0.6 is 0 Å². The summed E-state index contributed by atoms with van der Waals surface area (Å²) in [6.07, 6.45) is -4.80. The van der Waals surface area contributed by atoms with Crippen LogP contribution in [0.2, 0.25) is 0 Å². The number of rotatable bonds is 0. The molecular formula is C10H13F3N2O3. The lowest BCUT2D eigenvalue weighted by Gasteiger charge is -2.33. The molecule has 102 valence electrons. The molecule has 0 radical (unpaired) electrons. The molecule has 2 rings (SSSR count). The van der Waals surface area contributed by atoms with E-state index in [1.807, 2.05) is 0 Å². The first-order valence-corrected chi connectivity index (χ1v) is 5.69. The van der Waals surface area contributed by atoms with Crippen LogP contribution in [0.25, 0.3) is 0 Å². The van der Waals surface area contributed by atoms with E-state index in [-0.39, 0.29) is 5.92 Å². The van der Waals surface area contributed by atoms with Gasteiger partial charge < -0.3 is 15.0 Å². The molecule has 2 atom stereocenters. The molecule has 2 heterocycles. The van der Waals surface area contributed by atoms with Gasteiger partial charge in [-0.2, -0.15) is 13.2 Å². The third kappa shape index (κ3) is 2.74. The molecule has 0 saturated carbocycles. The van der Waals surface area contributed by atoms with Gasteiger partial charge in [-0.15, -0.1) is 0 Å². The number of halogens is 3. The molecule has 1 amide bonds. The number of fused-ring (bicyclic) bond motifs is 1. The van der Waals surface area contributed by atoms with Gasteiger partial charge in [0.15, 0.2) is 0 Å². The highest BCUT2D eigenvalue weighted by molar-refractivity contribution is 5.87. The molecule has 5 nitrogen and oxygen atoms in total. The first-order valence-electron chi connectivity index (χ1n) is 5.69. The highest BCUT2D eigenvalue weighted by Gasteiger charge is 2.44. The minimum Gasteiger partial charge on any atom is -0.369 e. The van der Waals surface area contributed by atoms with Crippen LogP contribution in [0.3, 0.4) is 0 Å². The summed E-state index contributed by atoms with van der Waals surface area (Å²) in [4.78, 5) is 23.1. The zero-order chi connectivity index (χ0) is 13.3. The average Bonchev–Trinajstić information content (AvgIpc) is 2.74. The third-order valence-electron chi connectivity index (χ3n) is 3.33. The van der Waals surface area contributed by atoms with Gasteiger partial charge in [0, 0.05) is 19.1 Å². The number of hydrogen-bond acceptors (Lipinski definition) is 4. The Morgan fingerprint density at radius 3 is 2.67 bits per heavy atom. The van der Waals surface area contributed by atoms with Crippen LogP contribution in [0.5, 0.6) is 0 Å². The number of amides is 1. The van der Waals surface area contributed by atoms with Crippen molar-refractivity contribution in [1.82, 2.24) is 10.2 Å². The second-order valence-corrected chi connectivity index (χ2v) is 4.50. The number of hydrogen-bond donors (Lipinski definition) is 1. The van der Waals surface area contributed by atoms with E-state index in [9.17, 15) is 22.8 Å². The van der Waals surface area contributed by atoms with Gasteiger partial charge in [0.05, 0.1) is 0 Å². The van der Waals surface area contributed by atoms with Crippen molar-refractivity contribution < 1.29 is 27.5 Å². The Morgan fingerprint density at radius 1 is 1.28 bits per heavy atom. The summed E-state index contributed by atoms with van der Waals surface area (Å²) in [6.45, 7) is 1.49. The number of nitrogens with one attached hydrogen (secondary N) is 1. The minimum atomic E-state index is -5.14. The highest BCUT2D eigenvalue weighted by Crippen LogP contribution is 2.25. The third-order valence-corrected chi connectivity index (χ3v) is 3.33. The molecule has 0 aromatic carbocycles. The zero-order valence-corrected chi connectivity index (χ0v) is 9.50. The van der Waals surface area contributed by atoms with Crippen LogP contribution in [0, 0.1) is 5.92 Å². The SMILES string of the molecule is O=C(OC(=O)C(F)(F)F)N1CC[C@@H]2NCC[C@@H]2C1. The Labute approximate surface area is 101 Å². The van der Waals surface area contributed by atoms with E-state index in [0.717, 1.165) is 17.9 Å². The van der Waals surface area contributed by atoms with Crippen LogP contribution in [-0.2, 0) is 9.53 Å². The number of likely N-dealkylation sites (tertiary alicyclic amines) is 1. The van der Waals surface area contributed by atoms with Crippen LogP contribution in [-0.4, -0.2) is 48.8 Å². The van der Waals surface area contributed by atoms with Crippen molar-refractivity contribution in [2.24, 2.45) is 5.92 Å². The monoisotopic (exact) mass is 266 g/mol. The van der Waals surface area contributed by atoms with Crippen molar-refractivity contribution in [2.45, 2.75) is 25.1 Å². The molecule has 2 saturated heterocycles. The first-order chi connectivity index (χ1) is 8.38. The molecule has 0 aromatic rings. The number of carbonyl (C=O) groups excluding carboxylic acids is 2. The molecule has 18 heavy (non-hydrogen) atoms. The fourth-order valence-corrected chi connectivity index (χ4v) is 2.42. The summed E-state index contributed by atoms with van der Waals surface area (Å²) >= 11 is 0. The molecule has 0 aromatic heterocycles. The van der Waals surface area contributed by atoms with Crippen LogP contribution in [0.1, 0.15) is 12.8 Å². The predicted octanol–water partition coefficient (Wildman–Crippen LogP) is 0.896. The second kappa shape index (κ2) is 4.75. The Bertz CT molecular complexity index is 359. The summed E-state index contributed by atoms with van der Waals surface area (Å²) in [5.74, 6) is -2.23. The smallest absolute Gasteiger partial charge is 0.369 e. The molecule has 0 unspecified atom stereocenters. The molecule has 2 aliphatic rings. The van der Waals surface area contributed by atoms with Gasteiger partial charge in [0.25, 0.3) is 0 Å². The summed E-state index contributed by atoms with van der Waals surface area (Å²) < 4.78 is 39.6. The summed E-state index contributed by atoms with van der Waals surface area (Å²) in [7, 11) is 0. The van der Waals surface area contributed by atoms with Crippen LogP contribution < -0.4 is 5.32 Å². The van der Waals surface area contributed by atoms with Crippen molar-refractivity contribution in [3.63, 3.8) is 0 Å². The standard InChI is InChI=1S/C10H13F3N2O3/c11-10(12,13)8(16)18-9(17)15-4-2-7-6(5-15)1-3-14-7/h6-7,14H,1-5H2/t6-,7+/m1/s1. The molecular weight excluding hydrogens is 253 g/mol. The zero-order valence-electron chi connectivity index (χ0n) is 9.50. The van der Waals surface area contributed by atoms with Gasteiger partial charge in [-0.25, -0.2) is 9.59 Å². The van der Waals surface area contributed by atoms with Crippen LogP contribution in [0.4, 0.5) is 18.0 Å². The topological polar surface area (TPSA) is 58.6 Å². The molecule has 1 N–H and O–H groups in total. The molecule has 0 bridgehead atoms. The molecule has 2 aliphatic heterocycles. The lowest BCUT2D eigenvalue weighted by atomic mass is 9.94. The number of carbonyl (C=O) groups is 2. The maximum absolute atomic E-state index is 11.9. The van der Waals surface area contributed by atoms with E-state index in [1.54, 1.807) is 0 Å². The van der Waals surface area contributed by atoms with Crippen molar-refractivity contribution in [2.75, 3.05) is 19.6 Å². The fraction of sp³-hybridized carbons (Fsp3) is 0.800. The van der Waals surface area contributed by atoms with Crippen molar-refractivity contribution in [3.05, 3.63) is 0 Å². The molecule has 8 heteroatoms. The normalized spacial score (nSPS) is 27.8. The molecule has 0 spiro atoms. The van der Waals surface area contributed by atoms with Crippen molar-refractivity contribution in [1.29, 1.82) is 0 Å². The maximum atomic E-state index is 11.9. The number of piperidine rings is 1. The van der Waals surface area contributed by atoms with Gasteiger partial charge in [0.2, 0.25) is 0 Å². The average molecular weight is 266 g/mol. The predicted molar refractivity (Wildman–Crippen MR) is 53.6 cm³/mol. The Hall–Kier alpha value is -1.31. The van der Waals surface area contributed by atoms with Crippen molar-refractivity contribution >= 4 is 12.1 Å². The van der Waals surface area contributed by atoms with E-state index in [0.29, 0.717) is 25.6 Å². The van der Waals surface area contributed by atoms with E-state index in [2.05, 4.69) is 10.1 Å². The summed E-state index contributed by atoms with van der Waals surface area (Å²) in [6, 6.07) is 0.312. The maximum Gasteiger partial charge on any atom is 0.491 e. The molecule has 0 aliphatic carbocycles. The van der Waals surface area contributed by atoms with E-state index < -0.39 is 18.2 Å². The quantitative estimate of drug-likeness (QED) is 0.522. The Balaban J connectivity index is 1.88. The van der Waals surface area contributed by atoms with Gasteiger partial charge in [-0.1, -0.05) is 0 Å². The van der Waals surface area contributed by atoms with Gasteiger partial charge in [0.1, 0.15) is 0 Å². The highest BCUT2D eigenvalue weighted by atomic mass is 19.4. The second-order valence-electron chi connectivity index (χ2n) is 4.50. The first kappa shape index (κ1) is 13.1. The Kier molecular flexibility index (Phi) is 3.47. The van der Waals surface area contributed by atoms with Gasteiger partial charge in [-0.05, 0) is 25.3 Å². The minimum absolute atomic E-state index is 0.229. The fourth-order valence-electron chi connectivity index (χ4n) is 2.42. The lowest BCUT2D eigenvalue weighted by molar-refractivity contribution is -0.193.